The van der Waals surface area contributed by atoms with Gasteiger partial charge in [0.1, 0.15) is 5.75 Å². The third-order valence-electron chi connectivity index (χ3n) is 7.84. The molecule has 1 saturated heterocycles. The van der Waals surface area contributed by atoms with E-state index in [1.54, 1.807) is 7.11 Å². The van der Waals surface area contributed by atoms with Crippen molar-refractivity contribution in [2.75, 3.05) is 39.8 Å². The fraction of sp³-hybridized carbons (Fsp3) is 0.708. The molecule has 158 valence electrons. The molecule has 1 aromatic rings. The molecule has 1 aromatic carbocycles. The number of carbonyl (C=O) groups excluding carboxylic acids is 1. The van der Waals surface area contributed by atoms with E-state index in [4.69, 9.17) is 4.74 Å². The van der Waals surface area contributed by atoms with Crippen LogP contribution >= 0.6 is 0 Å². The smallest absolute Gasteiger partial charge is 0.234 e. The summed E-state index contributed by atoms with van der Waals surface area (Å²) in [7, 11) is 1.70. The lowest BCUT2D eigenvalue weighted by Gasteiger charge is -2.57. The molecule has 4 aliphatic carbocycles. The fourth-order valence-corrected chi connectivity index (χ4v) is 6.90. The van der Waals surface area contributed by atoms with Crippen molar-refractivity contribution in [2.45, 2.75) is 50.6 Å². The number of piperazine rings is 1. The standard InChI is InChI=1S/C24H35N3O2/c1-29-22-4-2-18(3-5-22)16-26-6-8-27(9-7-26)17-23(28)25-24-13-19-10-20(14-24)12-21(11-19)15-24/h2-5,19-21H,6-17H2,1H3,(H,25,28). The van der Waals surface area contributed by atoms with Crippen molar-refractivity contribution in [3.63, 3.8) is 0 Å². The number of rotatable bonds is 6. The highest BCUT2D eigenvalue weighted by Gasteiger charge is 2.51. The first kappa shape index (κ1) is 19.4. The van der Waals surface area contributed by atoms with Crippen LogP contribution in [0.2, 0.25) is 0 Å². The molecule has 1 heterocycles. The Morgan fingerprint density at radius 3 is 2.07 bits per heavy atom. The summed E-state index contributed by atoms with van der Waals surface area (Å²) in [6, 6.07) is 8.34. The first-order chi connectivity index (χ1) is 14.1. The van der Waals surface area contributed by atoms with E-state index >= 15 is 0 Å². The quantitative estimate of drug-likeness (QED) is 0.802. The van der Waals surface area contributed by atoms with Gasteiger partial charge in [-0.2, -0.15) is 0 Å². The molecular weight excluding hydrogens is 362 g/mol. The third-order valence-corrected chi connectivity index (χ3v) is 7.84. The number of nitrogens with zero attached hydrogens (tertiary/aromatic N) is 2. The summed E-state index contributed by atoms with van der Waals surface area (Å²) in [6.07, 6.45) is 7.98. The number of hydrogen-bond acceptors (Lipinski definition) is 4. The van der Waals surface area contributed by atoms with E-state index in [2.05, 4.69) is 27.2 Å². The lowest BCUT2D eigenvalue weighted by Crippen LogP contribution is -2.61. The van der Waals surface area contributed by atoms with Gasteiger partial charge >= 0.3 is 0 Å². The molecule has 0 atom stereocenters. The Balaban J connectivity index is 1.08. The fourth-order valence-electron chi connectivity index (χ4n) is 6.90. The highest BCUT2D eigenvalue weighted by Crippen LogP contribution is 2.55. The molecule has 5 fully saturated rings. The SMILES string of the molecule is COc1ccc(CN2CCN(CC(=O)NC34CC5CC(CC(C5)C3)C4)CC2)cc1. The summed E-state index contributed by atoms with van der Waals surface area (Å²) in [5.74, 6) is 3.80. The third kappa shape index (κ3) is 4.31. The molecule has 29 heavy (non-hydrogen) atoms. The zero-order chi connectivity index (χ0) is 19.8. The van der Waals surface area contributed by atoms with Crippen LogP contribution in [0.1, 0.15) is 44.1 Å². The molecule has 0 spiro atoms. The van der Waals surface area contributed by atoms with Gasteiger partial charge in [0.05, 0.1) is 13.7 Å². The molecule has 5 aliphatic rings. The number of nitrogens with one attached hydrogen (secondary N) is 1. The van der Waals surface area contributed by atoms with E-state index in [0.717, 1.165) is 56.2 Å². The molecule has 4 saturated carbocycles. The van der Waals surface area contributed by atoms with E-state index in [1.165, 1.54) is 44.1 Å². The number of carbonyl (C=O) groups is 1. The van der Waals surface area contributed by atoms with Crippen molar-refractivity contribution >= 4 is 5.91 Å². The second kappa shape index (κ2) is 7.92. The van der Waals surface area contributed by atoms with Gasteiger partial charge in [-0.3, -0.25) is 14.6 Å². The average Bonchev–Trinajstić information content (AvgIpc) is 2.68. The largest absolute Gasteiger partial charge is 0.497 e. The van der Waals surface area contributed by atoms with Crippen LogP contribution in [0.15, 0.2) is 24.3 Å². The Labute approximate surface area is 174 Å². The average molecular weight is 398 g/mol. The lowest BCUT2D eigenvalue weighted by atomic mass is 9.53. The van der Waals surface area contributed by atoms with Crippen molar-refractivity contribution in [3.8, 4) is 5.75 Å². The van der Waals surface area contributed by atoms with Crippen LogP contribution in [0.5, 0.6) is 5.75 Å². The first-order valence-electron chi connectivity index (χ1n) is 11.5. The van der Waals surface area contributed by atoms with E-state index in [-0.39, 0.29) is 11.4 Å². The van der Waals surface area contributed by atoms with Gasteiger partial charge in [0, 0.05) is 38.3 Å². The number of amides is 1. The minimum atomic E-state index is 0.141. The van der Waals surface area contributed by atoms with Crippen LogP contribution < -0.4 is 10.1 Å². The molecule has 1 amide bonds. The van der Waals surface area contributed by atoms with Gasteiger partial charge < -0.3 is 10.1 Å². The summed E-state index contributed by atoms with van der Waals surface area (Å²) in [5, 5.41) is 3.53. The van der Waals surface area contributed by atoms with E-state index in [9.17, 15) is 4.79 Å². The number of ether oxygens (including phenoxy) is 1. The lowest BCUT2D eigenvalue weighted by molar-refractivity contribution is -0.128. The molecule has 5 nitrogen and oxygen atoms in total. The van der Waals surface area contributed by atoms with Crippen LogP contribution in [0, 0.1) is 17.8 Å². The van der Waals surface area contributed by atoms with Gasteiger partial charge in [0.2, 0.25) is 5.91 Å². The minimum Gasteiger partial charge on any atom is -0.497 e. The van der Waals surface area contributed by atoms with Gasteiger partial charge in [-0.1, -0.05) is 12.1 Å². The Kier molecular flexibility index (Phi) is 5.29. The predicted octanol–water partition coefficient (Wildman–Crippen LogP) is 2.90. The predicted molar refractivity (Wildman–Crippen MR) is 114 cm³/mol. The molecule has 0 aromatic heterocycles. The van der Waals surface area contributed by atoms with Crippen LogP contribution in [0.3, 0.4) is 0 Å². The van der Waals surface area contributed by atoms with Gasteiger partial charge in [0.15, 0.2) is 0 Å². The highest BCUT2D eigenvalue weighted by molar-refractivity contribution is 5.79. The van der Waals surface area contributed by atoms with Gasteiger partial charge in [-0.25, -0.2) is 0 Å². The van der Waals surface area contributed by atoms with Crippen molar-refractivity contribution in [2.24, 2.45) is 17.8 Å². The molecule has 0 radical (unpaired) electrons. The van der Waals surface area contributed by atoms with Gasteiger partial charge in [0.25, 0.3) is 0 Å². The van der Waals surface area contributed by atoms with Gasteiger partial charge in [-0.15, -0.1) is 0 Å². The number of methoxy groups -OCH3 is 1. The van der Waals surface area contributed by atoms with Crippen LogP contribution in [0.25, 0.3) is 0 Å². The van der Waals surface area contributed by atoms with E-state index < -0.39 is 0 Å². The maximum Gasteiger partial charge on any atom is 0.234 e. The Morgan fingerprint density at radius 2 is 1.52 bits per heavy atom. The molecule has 1 aliphatic heterocycles. The zero-order valence-electron chi connectivity index (χ0n) is 17.7. The second-order valence-electron chi connectivity index (χ2n) is 10.1. The Morgan fingerprint density at radius 1 is 0.966 bits per heavy atom. The maximum absolute atomic E-state index is 12.9. The van der Waals surface area contributed by atoms with Crippen molar-refractivity contribution in [3.05, 3.63) is 29.8 Å². The summed E-state index contributed by atoms with van der Waals surface area (Å²) < 4.78 is 5.24. The first-order valence-corrected chi connectivity index (χ1v) is 11.5. The van der Waals surface area contributed by atoms with Crippen LogP contribution in [-0.2, 0) is 11.3 Å². The number of benzene rings is 1. The maximum atomic E-state index is 12.9. The summed E-state index contributed by atoms with van der Waals surface area (Å²) in [4.78, 5) is 17.7. The minimum absolute atomic E-state index is 0.141. The monoisotopic (exact) mass is 397 g/mol. The van der Waals surface area contributed by atoms with Crippen molar-refractivity contribution in [1.29, 1.82) is 0 Å². The summed E-state index contributed by atoms with van der Waals surface area (Å²) in [5.41, 5.74) is 1.46. The van der Waals surface area contributed by atoms with E-state index in [0.29, 0.717) is 6.54 Å². The van der Waals surface area contributed by atoms with Crippen LogP contribution in [0.4, 0.5) is 0 Å². The second-order valence-corrected chi connectivity index (χ2v) is 10.1. The molecule has 0 unspecified atom stereocenters. The number of hydrogen-bond donors (Lipinski definition) is 1. The summed E-state index contributed by atoms with van der Waals surface area (Å²) >= 11 is 0. The van der Waals surface area contributed by atoms with Gasteiger partial charge in [-0.05, 0) is 74.0 Å². The topological polar surface area (TPSA) is 44.8 Å². The normalized spacial score (nSPS) is 34.3. The molecule has 4 bridgehead atoms. The Hall–Kier alpha value is -1.59. The van der Waals surface area contributed by atoms with Crippen LogP contribution in [-0.4, -0.2) is 61.1 Å². The molecular formula is C24H35N3O2. The zero-order valence-corrected chi connectivity index (χ0v) is 17.7. The summed E-state index contributed by atoms with van der Waals surface area (Å²) in [6.45, 7) is 5.54. The van der Waals surface area contributed by atoms with Crippen molar-refractivity contribution in [1.82, 2.24) is 15.1 Å². The molecule has 5 heteroatoms. The van der Waals surface area contributed by atoms with E-state index in [1.807, 2.05) is 12.1 Å². The highest BCUT2D eigenvalue weighted by atomic mass is 16.5. The van der Waals surface area contributed by atoms with Crippen molar-refractivity contribution < 1.29 is 9.53 Å². The molecule has 6 rings (SSSR count). The molecule has 1 N–H and O–H groups in total. The Bertz CT molecular complexity index is 689.